The number of hydrogen-bond acceptors (Lipinski definition) is 2. The van der Waals surface area contributed by atoms with Crippen LogP contribution in [0.4, 0.5) is 8.78 Å². The van der Waals surface area contributed by atoms with E-state index in [4.69, 9.17) is 0 Å². The van der Waals surface area contributed by atoms with Crippen molar-refractivity contribution in [3.63, 3.8) is 0 Å². The normalized spacial score (nSPS) is 21.9. The van der Waals surface area contributed by atoms with Crippen LogP contribution in [-0.4, -0.2) is 17.8 Å². The lowest BCUT2D eigenvalue weighted by atomic mass is 10.1. The fourth-order valence-corrected chi connectivity index (χ4v) is 0.785. The molecule has 0 atom stereocenters. The van der Waals surface area contributed by atoms with Crippen molar-refractivity contribution < 1.29 is 18.3 Å². The van der Waals surface area contributed by atoms with Gasteiger partial charge < -0.3 is 4.74 Å². The topological polar surface area (TPSA) is 26.3 Å². The Morgan fingerprint density at radius 3 is 2.27 bits per heavy atom. The van der Waals surface area contributed by atoms with Crippen LogP contribution in [0.2, 0.25) is 0 Å². The van der Waals surface area contributed by atoms with Gasteiger partial charge in [0.25, 0.3) is 6.43 Å². The predicted octanol–water partition coefficient (Wildman–Crippen LogP) is 1.51. The van der Waals surface area contributed by atoms with Crippen molar-refractivity contribution in [2.45, 2.75) is 25.9 Å². The first-order valence-electron chi connectivity index (χ1n) is 3.16. The second kappa shape index (κ2) is 2.29. The number of alkyl halides is 2. The Morgan fingerprint density at radius 2 is 2.09 bits per heavy atom. The van der Waals surface area contributed by atoms with Gasteiger partial charge in [0.05, 0.1) is 0 Å². The number of hydrogen-bond donors (Lipinski definition) is 0. The number of rotatable bonds is 1. The molecule has 0 saturated heterocycles. The molecule has 0 N–H and O–H groups in total. The second-order valence-electron chi connectivity index (χ2n) is 2.82. The minimum atomic E-state index is -2.69. The Labute approximate surface area is 62.8 Å². The lowest BCUT2D eigenvalue weighted by Crippen LogP contribution is -2.28. The Kier molecular flexibility index (Phi) is 1.70. The molecule has 1 aliphatic rings. The van der Waals surface area contributed by atoms with Crippen molar-refractivity contribution >= 4 is 5.78 Å². The highest BCUT2D eigenvalue weighted by Crippen LogP contribution is 2.27. The zero-order valence-corrected chi connectivity index (χ0v) is 6.23. The molecule has 1 aliphatic heterocycles. The van der Waals surface area contributed by atoms with Crippen LogP contribution in [0.1, 0.15) is 13.8 Å². The third-order valence-corrected chi connectivity index (χ3v) is 1.45. The van der Waals surface area contributed by atoms with Crippen molar-refractivity contribution in [3.8, 4) is 0 Å². The standard InChI is InChI=1S/C7H8F2O2/c1-7(2)5(10)3-4(11-7)6(8)9/h3,6H,1-2H3. The first-order chi connectivity index (χ1) is 4.93. The molecule has 0 aliphatic carbocycles. The van der Waals surface area contributed by atoms with Crippen LogP contribution >= 0.6 is 0 Å². The molecule has 0 saturated carbocycles. The Balaban J connectivity index is 2.80. The summed E-state index contributed by atoms with van der Waals surface area (Å²) in [5, 5.41) is 0. The zero-order chi connectivity index (χ0) is 8.65. The van der Waals surface area contributed by atoms with Crippen molar-refractivity contribution in [1.82, 2.24) is 0 Å². The van der Waals surface area contributed by atoms with Gasteiger partial charge in [0, 0.05) is 6.08 Å². The average molecular weight is 162 g/mol. The van der Waals surface area contributed by atoms with E-state index < -0.39 is 23.6 Å². The molecule has 0 unspecified atom stereocenters. The second-order valence-corrected chi connectivity index (χ2v) is 2.82. The van der Waals surface area contributed by atoms with E-state index in [2.05, 4.69) is 4.74 Å². The maximum Gasteiger partial charge on any atom is 0.294 e. The van der Waals surface area contributed by atoms with Crippen LogP contribution < -0.4 is 0 Å². The Hall–Kier alpha value is -0.930. The molecule has 0 amide bonds. The number of allylic oxidation sites excluding steroid dienone is 1. The van der Waals surface area contributed by atoms with Gasteiger partial charge in [-0.1, -0.05) is 0 Å². The molecular formula is C7H8F2O2. The number of carbonyl (C=O) groups excluding carboxylic acids is 1. The van der Waals surface area contributed by atoms with Gasteiger partial charge in [-0.3, -0.25) is 4.79 Å². The molecule has 0 aromatic heterocycles. The molecule has 4 heteroatoms. The van der Waals surface area contributed by atoms with E-state index in [0.717, 1.165) is 6.08 Å². The first-order valence-corrected chi connectivity index (χ1v) is 3.16. The van der Waals surface area contributed by atoms with Crippen molar-refractivity contribution in [2.75, 3.05) is 0 Å². The highest BCUT2D eigenvalue weighted by atomic mass is 19.3. The molecule has 0 bridgehead atoms. The van der Waals surface area contributed by atoms with Gasteiger partial charge >= 0.3 is 0 Å². The maximum atomic E-state index is 11.9. The van der Waals surface area contributed by atoms with Crippen molar-refractivity contribution in [3.05, 3.63) is 11.8 Å². The first kappa shape index (κ1) is 8.17. The molecule has 0 radical (unpaired) electrons. The minimum Gasteiger partial charge on any atom is -0.478 e. The summed E-state index contributed by atoms with van der Waals surface area (Å²) < 4.78 is 28.5. The van der Waals surface area contributed by atoms with E-state index in [-0.39, 0.29) is 0 Å². The van der Waals surface area contributed by atoms with Crippen LogP contribution in [0.5, 0.6) is 0 Å². The van der Waals surface area contributed by atoms with Gasteiger partial charge in [0.2, 0.25) is 5.78 Å². The van der Waals surface area contributed by atoms with Crippen LogP contribution in [0.25, 0.3) is 0 Å². The number of ether oxygens (including phenoxy) is 1. The highest BCUT2D eigenvalue weighted by Gasteiger charge is 2.37. The highest BCUT2D eigenvalue weighted by molar-refractivity contribution is 5.98. The lowest BCUT2D eigenvalue weighted by Gasteiger charge is -2.17. The van der Waals surface area contributed by atoms with Gasteiger partial charge in [-0.25, -0.2) is 8.78 Å². The van der Waals surface area contributed by atoms with Gasteiger partial charge in [0.15, 0.2) is 11.4 Å². The summed E-state index contributed by atoms with van der Waals surface area (Å²) in [6, 6.07) is 0. The SMILES string of the molecule is CC1(C)OC(C(F)F)=CC1=O. The average Bonchev–Trinajstić information content (AvgIpc) is 2.08. The summed E-state index contributed by atoms with van der Waals surface area (Å²) in [6.45, 7) is 2.92. The van der Waals surface area contributed by atoms with Crippen LogP contribution in [0.15, 0.2) is 11.8 Å². The fraction of sp³-hybridized carbons (Fsp3) is 0.571. The summed E-state index contributed by atoms with van der Waals surface area (Å²) in [5.41, 5.74) is -1.11. The Bertz CT molecular complexity index is 218. The zero-order valence-electron chi connectivity index (χ0n) is 6.23. The Morgan fingerprint density at radius 1 is 1.55 bits per heavy atom. The summed E-state index contributed by atoms with van der Waals surface area (Å²) in [5.74, 6) is -0.937. The van der Waals surface area contributed by atoms with Gasteiger partial charge in [-0.15, -0.1) is 0 Å². The van der Waals surface area contributed by atoms with Crippen LogP contribution in [0.3, 0.4) is 0 Å². The molecule has 11 heavy (non-hydrogen) atoms. The molecule has 62 valence electrons. The maximum absolute atomic E-state index is 11.9. The predicted molar refractivity (Wildman–Crippen MR) is 34.3 cm³/mol. The molecular weight excluding hydrogens is 154 g/mol. The summed E-state index contributed by atoms with van der Waals surface area (Å²) in [6.07, 6.45) is -1.84. The van der Waals surface area contributed by atoms with E-state index in [1.807, 2.05) is 0 Å². The van der Waals surface area contributed by atoms with Crippen LogP contribution in [-0.2, 0) is 9.53 Å². The molecule has 1 rings (SSSR count). The van der Waals surface area contributed by atoms with Gasteiger partial charge in [-0.05, 0) is 13.8 Å². The smallest absolute Gasteiger partial charge is 0.294 e. The van der Waals surface area contributed by atoms with Gasteiger partial charge in [0.1, 0.15) is 0 Å². The van der Waals surface area contributed by atoms with E-state index in [9.17, 15) is 13.6 Å². The third kappa shape index (κ3) is 1.39. The van der Waals surface area contributed by atoms with Crippen molar-refractivity contribution in [2.24, 2.45) is 0 Å². The van der Waals surface area contributed by atoms with Crippen LogP contribution in [0, 0.1) is 0 Å². The molecule has 0 fully saturated rings. The third-order valence-electron chi connectivity index (χ3n) is 1.45. The monoisotopic (exact) mass is 162 g/mol. The number of halogens is 2. The fourth-order valence-electron chi connectivity index (χ4n) is 0.785. The molecule has 0 aromatic carbocycles. The van der Waals surface area contributed by atoms with E-state index >= 15 is 0 Å². The van der Waals surface area contributed by atoms with Crippen molar-refractivity contribution in [1.29, 1.82) is 0 Å². The lowest BCUT2D eigenvalue weighted by molar-refractivity contribution is -0.127. The minimum absolute atomic E-state index is 0.409. The molecule has 0 aromatic rings. The molecule has 1 heterocycles. The van der Waals surface area contributed by atoms with E-state index in [0.29, 0.717) is 0 Å². The summed E-state index contributed by atoms with van der Waals surface area (Å²) in [7, 11) is 0. The number of ketones is 1. The van der Waals surface area contributed by atoms with E-state index in [1.54, 1.807) is 0 Å². The largest absolute Gasteiger partial charge is 0.478 e. The number of carbonyl (C=O) groups is 1. The molecule has 2 nitrogen and oxygen atoms in total. The molecule has 0 spiro atoms. The summed E-state index contributed by atoms with van der Waals surface area (Å²) >= 11 is 0. The van der Waals surface area contributed by atoms with Gasteiger partial charge in [-0.2, -0.15) is 0 Å². The quantitative estimate of drug-likeness (QED) is 0.584. The summed E-state index contributed by atoms with van der Waals surface area (Å²) in [4.78, 5) is 10.9. The van der Waals surface area contributed by atoms with E-state index in [1.165, 1.54) is 13.8 Å².